The first-order chi connectivity index (χ1) is 10.2. The summed E-state index contributed by atoms with van der Waals surface area (Å²) in [6.07, 6.45) is 2.42. The number of benzene rings is 1. The molecule has 0 spiro atoms. The van der Waals surface area contributed by atoms with Crippen molar-refractivity contribution in [3.63, 3.8) is 0 Å². The van der Waals surface area contributed by atoms with Gasteiger partial charge in [0.2, 0.25) is 5.91 Å². The number of rotatable bonds is 5. The Bertz CT molecular complexity index is 629. The third-order valence-electron chi connectivity index (χ3n) is 3.84. The lowest BCUT2D eigenvalue weighted by Crippen LogP contribution is -2.30. The zero-order valence-electron chi connectivity index (χ0n) is 11.9. The van der Waals surface area contributed by atoms with Crippen LogP contribution in [0.25, 0.3) is 10.9 Å². The number of carbonyl (C=O) groups excluding carboxylic acids is 2. The quantitative estimate of drug-likeness (QED) is 0.824. The number of carbonyl (C=O) groups is 2. The van der Waals surface area contributed by atoms with Crippen LogP contribution in [0.15, 0.2) is 30.3 Å². The molecule has 1 saturated heterocycles. The predicted octanol–water partition coefficient (Wildman–Crippen LogP) is 1.91. The van der Waals surface area contributed by atoms with E-state index in [0.717, 1.165) is 36.8 Å². The Morgan fingerprint density at radius 1 is 1.33 bits per heavy atom. The van der Waals surface area contributed by atoms with E-state index in [9.17, 15) is 9.59 Å². The highest BCUT2D eigenvalue weighted by molar-refractivity contribution is 5.97. The molecule has 0 aliphatic carbocycles. The van der Waals surface area contributed by atoms with Gasteiger partial charge in [0.15, 0.2) is 0 Å². The molecule has 1 aliphatic heterocycles. The lowest BCUT2D eigenvalue weighted by atomic mass is 10.2. The third-order valence-corrected chi connectivity index (χ3v) is 3.84. The molecule has 1 aromatic heterocycles. The van der Waals surface area contributed by atoms with E-state index in [1.807, 2.05) is 35.2 Å². The second-order valence-corrected chi connectivity index (χ2v) is 5.36. The van der Waals surface area contributed by atoms with E-state index in [-0.39, 0.29) is 11.8 Å². The summed E-state index contributed by atoms with van der Waals surface area (Å²) < 4.78 is 0. The zero-order chi connectivity index (χ0) is 14.7. The Labute approximate surface area is 123 Å². The van der Waals surface area contributed by atoms with Crippen molar-refractivity contribution < 1.29 is 9.59 Å². The lowest BCUT2D eigenvalue weighted by molar-refractivity contribution is -0.127. The third kappa shape index (κ3) is 3.07. The average molecular weight is 285 g/mol. The molecule has 0 bridgehead atoms. The van der Waals surface area contributed by atoms with Crippen molar-refractivity contribution >= 4 is 22.7 Å². The van der Waals surface area contributed by atoms with Crippen LogP contribution in [-0.2, 0) is 4.79 Å². The van der Waals surface area contributed by atoms with Crippen molar-refractivity contribution in [3.8, 4) is 0 Å². The number of fused-ring (bicyclic) bond motifs is 1. The number of amides is 2. The highest BCUT2D eigenvalue weighted by Gasteiger charge is 2.19. The van der Waals surface area contributed by atoms with Gasteiger partial charge in [-0.2, -0.15) is 0 Å². The Hall–Kier alpha value is -2.30. The van der Waals surface area contributed by atoms with Crippen LogP contribution >= 0.6 is 0 Å². The molecule has 110 valence electrons. The maximum atomic E-state index is 12.1. The van der Waals surface area contributed by atoms with Crippen molar-refractivity contribution in [3.05, 3.63) is 36.0 Å². The summed E-state index contributed by atoms with van der Waals surface area (Å²) in [5.41, 5.74) is 1.54. The number of aromatic amines is 1. The van der Waals surface area contributed by atoms with E-state index >= 15 is 0 Å². The summed E-state index contributed by atoms with van der Waals surface area (Å²) >= 11 is 0. The normalized spacial score (nSPS) is 14.9. The number of hydrogen-bond donors (Lipinski definition) is 2. The minimum atomic E-state index is -0.0982. The summed E-state index contributed by atoms with van der Waals surface area (Å²) in [7, 11) is 0. The van der Waals surface area contributed by atoms with Crippen LogP contribution in [0, 0.1) is 0 Å². The number of para-hydroxylation sites is 1. The van der Waals surface area contributed by atoms with Gasteiger partial charge < -0.3 is 15.2 Å². The molecule has 1 aromatic carbocycles. The molecule has 2 N–H and O–H groups in total. The Morgan fingerprint density at radius 2 is 2.19 bits per heavy atom. The van der Waals surface area contributed by atoms with E-state index in [1.165, 1.54) is 0 Å². The first-order valence-corrected chi connectivity index (χ1v) is 7.38. The molecule has 0 atom stereocenters. The van der Waals surface area contributed by atoms with E-state index in [0.29, 0.717) is 18.7 Å². The summed E-state index contributed by atoms with van der Waals surface area (Å²) in [6, 6.07) is 9.67. The van der Waals surface area contributed by atoms with Crippen LogP contribution in [0.5, 0.6) is 0 Å². The number of nitrogens with zero attached hydrogens (tertiary/aromatic N) is 1. The number of aromatic nitrogens is 1. The highest BCUT2D eigenvalue weighted by atomic mass is 16.2. The van der Waals surface area contributed by atoms with E-state index < -0.39 is 0 Å². The maximum absolute atomic E-state index is 12.1. The molecule has 5 heteroatoms. The van der Waals surface area contributed by atoms with Gasteiger partial charge in [-0.3, -0.25) is 9.59 Å². The van der Waals surface area contributed by atoms with Crippen LogP contribution in [0.2, 0.25) is 0 Å². The fourth-order valence-corrected chi connectivity index (χ4v) is 2.70. The predicted molar refractivity (Wildman–Crippen MR) is 81.1 cm³/mol. The standard InChI is InChI=1S/C16H19N3O2/c20-15-7-3-9-19(15)10-4-8-17-16(21)14-11-12-5-1-2-6-13(12)18-14/h1-2,5-6,11,18H,3-4,7-10H2,(H,17,21). The van der Waals surface area contributed by atoms with Gasteiger partial charge in [0, 0.05) is 37.0 Å². The van der Waals surface area contributed by atoms with Gasteiger partial charge >= 0.3 is 0 Å². The second-order valence-electron chi connectivity index (χ2n) is 5.36. The number of likely N-dealkylation sites (tertiary alicyclic amines) is 1. The van der Waals surface area contributed by atoms with Crippen molar-refractivity contribution in [2.75, 3.05) is 19.6 Å². The van der Waals surface area contributed by atoms with E-state index in [4.69, 9.17) is 0 Å². The molecular formula is C16H19N3O2. The molecule has 3 rings (SSSR count). The van der Waals surface area contributed by atoms with Crippen molar-refractivity contribution in [2.45, 2.75) is 19.3 Å². The first-order valence-electron chi connectivity index (χ1n) is 7.38. The van der Waals surface area contributed by atoms with Crippen molar-refractivity contribution in [2.24, 2.45) is 0 Å². The molecular weight excluding hydrogens is 266 g/mol. The molecule has 2 aromatic rings. The van der Waals surface area contributed by atoms with Crippen molar-refractivity contribution in [1.29, 1.82) is 0 Å². The lowest BCUT2D eigenvalue weighted by Gasteiger charge is -2.15. The summed E-state index contributed by atoms with van der Waals surface area (Å²) in [6.45, 7) is 2.17. The summed E-state index contributed by atoms with van der Waals surface area (Å²) in [5.74, 6) is 0.135. The van der Waals surface area contributed by atoms with Gasteiger partial charge in [0.25, 0.3) is 5.91 Å². The molecule has 21 heavy (non-hydrogen) atoms. The number of H-pyrrole nitrogens is 1. The minimum absolute atomic E-state index is 0.0982. The largest absolute Gasteiger partial charge is 0.351 e. The molecule has 0 saturated carbocycles. The Kier molecular flexibility index (Phi) is 3.90. The SMILES string of the molecule is O=C(NCCCN1CCCC1=O)c1cc2ccccc2[nH]1. The monoisotopic (exact) mass is 285 g/mol. The molecule has 2 amide bonds. The Morgan fingerprint density at radius 3 is 2.95 bits per heavy atom. The van der Waals surface area contributed by atoms with Crippen LogP contribution < -0.4 is 5.32 Å². The smallest absolute Gasteiger partial charge is 0.267 e. The summed E-state index contributed by atoms with van der Waals surface area (Å²) in [5, 5.41) is 3.92. The molecule has 5 nitrogen and oxygen atoms in total. The van der Waals surface area contributed by atoms with Crippen LogP contribution in [-0.4, -0.2) is 41.3 Å². The second kappa shape index (κ2) is 5.99. The number of nitrogens with one attached hydrogen (secondary N) is 2. The van der Waals surface area contributed by atoms with Gasteiger partial charge in [0.05, 0.1) is 0 Å². The average Bonchev–Trinajstić information content (AvgIpc) is 3.09. The van der Waals surface area contributed by atoms with Gasteiger partial charge in [-0.05, 0) is 25.0 Å². The van der Waals surface area contributed by atoms with Gasteiger partial charge in [-0.1, -0.05) is 18.2 Å². The maximum Gasteiger partial charge on any atom is 0.267 e. The Balaban J connectivity index is 1.48. The molecule has 0 unspecified atom stereocenters. The fourth-order valence-electron chi connectivity index (χ4n) is 2.70. The molecule has 1 fully saturated rings. The van der Waals surface area contributed by atoms with Gasteiger partial charge in [-0.15, -0.1) is 0 Å². The van der Waals surface area contributed by atoms with Gasteiger partial charge in [0.1, 0.15) is 5.69 Å². The van der Waals surface area contributed by atoms with Crippen LogP contribution in [0.3, 0.4) is 0 Å². The minimum Gasteiger partial charge on any atom is -0.351 e. The first kappa shape index (κ1) is 13.7. The number of hydrogen-bond acceptors (Lipinski definition) is 2. The zero-order valence-corrected chi connectivity index (χ0v) is 11.9. The van der Waals surface area contributed by atoms with E-state index in [2.05, 4.69) is 10.3 Å². The van der Waals surface area contributed by atoms with Gasteiger partial charge in [-0.25, -0.2) is 0 Å². The fraction of sp³-hybridized carbons (Fsp3) is 0.375. The van der Waals surface area contributed by atoms with Crippen LogP contribution in [0.1, 0.15) is 29.8 Å². The van der Waals surface area contributed by atoms with Crippen LogP contribution in [0.4, 0.5) is 0 Å². The summed E-state index contributed by atoms with van der Waals surface area (Å²) in [4.78, 5) is 28.5. The molecule has 2 heterocycles. The van der Waals surface area contributed by atoms with Crippen molar-refractivity contribution in [1.82, 2.24) is 15.2 Å². The van der Waals surface area contributed by atoms with E-state index in [1.54, 1.807) is 0 Å². The molecule has 0 radical (unpaired) electrons. The topological polar surface area (TPSA) is 65.2 Å². The molecule has 1 aliphatic rings. The highest BCUT2D eigenvalue weighted by Crippen LogP contribution is 2.14.